The Labute approximate surface area is 79.3 Å². The summed E-state index contributed by atoms with van der Waals surface area (Å²) in [5, 5.41) is 6.42. The predicted molar refractivity (Wildman–Crippen MR) is 51.2 cm³/mol. The Kier molecular flexibility index (Phi) is 2.28. The first-order chi connectivity index (χ1) is 6.18. The quantitative estimate of drug-likeness (QED) is 0.662. The number of amides is 1. The van der Waals surface area contributed by atoms with Crippen molar-refractivity contribution in [1.82, 2.24) is 10.6 Å². The second-order valence-corrected chi connectivity index (χ2v) is 4.68. The monoisotopic (exact) mass is 182 g/mol. The van der Waals surface area contributed by atoms with E-state index in [1.165, 1.54) is 0 Å². The zero-order valence-electron chi connectivity index (χ0n) is 8.34. The van der Waals surface area contributed by atoms with Crippen LogP contribution in [0.1, 0.15) is 20.3 Å². The number of nitrogens with one attached hydrogen (secondary N) is 2. The van der Waals surface area contributed by atoms with Gasteiger partial charge in [-0.05, 0) is 17.8 Å². The molecule has 0 aromatic heterocycles. The highest BCUT2D eigenvalue weighted by atomic mass is 16.1. The molecule has 0 aromatic rings. The highest BCUT2D eigenvalue weighted by molar-refractivity contribution is 5.77. The van der Waals surface area contributed by atoms with Gasteiger partial charge in [-0.25, -0.2) is 0 Å². The van der Waals surface area contributed by atoms with E-state index < -0.39 is 0 Å². The van der Waals surface area contributed by atoms with E-state index in [4.69, 9.17) is 0 Å². The number of hydrogen-bond donors (Lipinski definition) is 2. The minimum absolute atomic E-state index is 0.231. The molecule has 1 saturated carbocycles. The molecule has 74 valence electrons. The smallest absolute Gasteiger partial charge is 0.220 e. The van der Waals surface area contributed by atoms with Gasteiger partial charge in [0.15, 0.2) is 0 Å². The maximum absolute atomic E-state index is 11.4. The van der Waals surface area contributed by atoms with Crippen molar-refractivity contribution in [3.63, 3.8) is 0 Å². The zero-order chi connectivity index (χ0) is 9.42. The summed E-state index contributed by atoms with van der Waals surface area (Å²) in [5.41, 5.74) is 0. The van der Waals surface area contributed by atoms with Crippen LogP contribution in [0.4, 0.5) is 0 Å². The van der Waals surface area contributed by atoms with E-state index in [-0.39, 0.29) is 5.91 Å². The Morgan fingerprint density at radius 2 is 2.08 bits per heavy atom. The van der Waals surface area contributed by atoms with Gasteiger partial charge in [-0.15, -0.1) is 0 Å². The van der Waals surface area contributed by atoms with Gasteiger partial charge in [0.25, 0.3) is 0 Å². The van der Waals surface area contributed by atoms with Crippen LogP contribution in [0.5, 0.6) is 0 Å². The van der Waals surface area contributed by atoms with Gasteiger partial charge in [0, 0.05) is 25.6 Å². The molecule has 1 heterocycles. The summed E-state index contributed by atoms with van der Waals surface area (Å²) >= 11 is 0. The lowest BCUT2D eigenvalue weighted by atomic mass is 10.1. The van der Waals surface area contributed by atoms with Gasteiger partial charge in [-0.2, -0.15) is 0 Å². The largest absolute Gasteiger partial charge is 0.353 e. The maximum Gasteiger partial charge on any atom is 0.220 e. The zero-order valence-corrected chi connectivity index (χ0v) is 8.34. The van der Waals surface area contributed by atoms with Crippen molar-refractivity contribution in [3.8, 4) is 0 Å². The molecule has 0 spiro atoms. The van der Waals surface area contributed by atoms with Gasteiger partial charge in [0.2, 0.25) is 5.91 Å². The van der Waals surface area contributed by atoms with E-state index in [9.17, 15) is 4.79 Å². The number of piperidine rings is 1. The topological polar surface area (TPSA) is 41.1 Å². The summed E-state index contributed by atoms with van der Waals surface area (Å²) in [4.78, 5) is 11.4. The normalized spacial score (nSPS) is 36.1. The summed E-state index contributed by atoms with van der Waals surface area (Å²) in [6.45, 7) is 6.35. The molecule has 2 atom stereocenters. The molecule has 1 aliphatic carbocycles. The molecular formula is C10H18N2O. The fraction of sp³-hybridized carbons (Fsp3) is 0.900. The average molecular weight is 182 g/mol. The fourth-order valence-corrected chi connectivity index (χ4v) is 2.25. The summed E-state index contributed by atoms with van der Waals surface area (Å²) in [6, 6.07) is 0.493. The molecule has 2 aliphatic rings. The molecule has 3 heteroatoms. The molecule has 0 radical (unpaired) electrons. The van der Waals surface area contributed by atoms with E-state index in [1.807, 2.05) is 0 Å². The number of carbonyl (C=O) groups is 1. The van der Waals surface area contributed by atoms with E-state index in [2.05, 4.69) is 24.5 Å². The molecular weight excluding hydrogens is 164 g/mol. The Bertz CT molecular complexity index is 205. The minimum atomic E-state index is 0.231. The molecule has 3 nitrogen and oxygen atoms in total. The van der Waals surface area contributed by atoms with Crippen LogP contribution in [0, 0.1) is 17.8 Å². The van der Waals surface area contributed by atoms with Crippen molar-refractivity contribution in [2.45, 2.75) is 26.3 Å². The Balaban J connectivity index is 1.71. The maximum atomic E-state index is 11.4. The second-order valence-electron chi connectivity index (χ2n) is 4.68. The number of carbonyl (C=O) groups excluding carboxylic acids is 1. The molecule has 2 rings (SSSR count). The molecule has 2 unspecified atom stereocenters. The summed E-state index contributed by atoms with van der Waals surface area (Å²) < 4.78 is 0. The van der Waals surface area contributed by atoms with Crippen molar-refractivity contribution in [2.75, 3.05) is 13.1 Å². The van der Waals surface area contributed by atoms with Gasteiger partial charge in [-0.1, -0.05) is 13.8 Å². The second kappa shape index (κ2) is 3.29. The van der Waals surface area contributed by atoms with E-state index in [1.54, 1.807) is 0 Å². The van der Waals surface area contributed by atoms with Gasteiger partial charge < -0.3 is 10.6 Å². The van der Waals surface area contributed by atoms with Crippen molar-refractivity contribution < 1.29 is 4.79 Å². The average Bonchev–Trinajstić information content (AvgIpc) is 2.51. The lowest BCUT2D eigenvalue weighted by molar-refractivity contribution is -0.122. The number of rotatable bonds is 3. The van der Waals surface area contributed by atoms with Crippen LogP contribution in [-0.2, 0) is 4.79 Å². The van der Waals surface area contributed by atoms with Crippen molar-refractivity contribution in [1.29, 1.82) is 0 Å². The Morgan fingerprint density at radius 3 is 2.62 bits per heavy atom. The first-order valence-corrected chi connectivity index (χ1v) is 5.18. The summed E-state index contributed by atoms with van der Waals surface area (Å²) in [7, 11) is 0. The van der Waals surface area contributed by atoms with Gasteiger partial charge >= 0.3 is 0 Å². The summed E-state index contributed by atoms with van der Waals surface area (Å²) in [5.74, 6) is 2.17. The fourth-order valence-electron chi connectivity index (χ4n) is 2.25. The van der Waals surface area contributed by atoms with Crippen molar-refractivity contribution in [3.05, 3.63) is 0 Å². The van der Waals surface area contributed by atoms with Crippen LogP contribution in [0.15, 0.2) is 0 Å². The van der Waals surface area contributed by atoms with Crippen LogP contribution in [-0.4, -0.2) is 25.0 Å². The SMILES string of the molecule is CC(C)CC(=O)NC1C2CNCC21. The highest BCUT2D eigenvalue weighted by Gasteiger charge is 2.53. The van der Waals surface area contributed by atoms with Crippen LogP contribution < -0.4 is 10.6 Å². The highest BCUT2D eigenvalue weighted by Crippen LogP contribution is 2.41. The number of fused-ring (bicyclic) bond motifs is 1. The van der Waals surface area contributed by atoms with Gasteiger partial charge in [0.1, 0.15) is 0 Å². The predicted octanol–water partition coefficient (Wildman–Crippen LogP) is 0.366. The van der Waals surface area contributed by atoms with Gasteiger partial charge in [-0.3, -0.25) is 4.79 Å². The Hall–Kier alpha value is -0.570. The molecule has 2 N–H and O–H groups in total. The van der Waals surface area contributed by atoms with Crippen LogP contribution >= 0.6 is 0 Å². The molecule has 1 amide bonds. The molecule has 1 aliphatic heterocycles. The van der Waals surface area contributed by atoms with Crippen LogP contribution in [0.2, 0.25) is 0 Å². The van der Waals surface area contributed by atoms with E-state index >= 15 is 0 Å². The third-order valence-electron chi connectivity index (χ3n) is 3.01. The molecule has 0 aromatic carbocycles. The van der Waals surface area contributed by atoms with E-state index in [0.717, 1.165) is 24.9 Å². The van der Waals surface area contributed by atoms with Crippen molar-refractivity contribution in [2.24, 2.45) is 17.8 Å². The lowest BCUT2D eigenvalue weighted by Crippen LogP contribution is -2.32. The van der Waals surface area contributed by atoms with Gasteiger partial charge in [0.05, 0.1) is 0 Å². The molecule has 13 heavy (non-hydrogen) atoms. The third kappa shape index (κ3) is 1.85. The minimum Gasteiger partial charge on any atom is -0.353 e. The molecule has 1 saturated heterocycles. The third-order valence-corrected chi connectivity index (χ3v) is 3.01. The summed E-state index contributed by atoms with van der Waals surface area (Å²) in [6.07, 6.45) is 0.670. The van der Waals surface area contributed by atoms with Crippen LogP contribution in [0.3, 0.4) is 0 Å². The Morgan fingerprint density at radius 1 is 1.46 bits per heavy atom. The first-order valence-electron chi connectivity index (χ1n) is 5.18. The lowest BCUT2D eigenvalue weighted by Gasteiger charge is -2.08. The van der Waals surface area contributed by atoms with Crippen molar-refractivity contribution >= 4 is 5.91 Å². The molecule has 2 fully saturated rings. The first kappa shape index (κ1) is 9.00. The van der Waals surface area contributed by atoms with Crippen LogP contribution in [0.25, 0.3) is 0 Å². The molecule has 0 bridgehead atoms. The van der Waals surface area contributed by atoms with E-state index in [0.29, 0.717) is 18.4 Å². The standard InChI is InChI=1S/C10H18N2O/c1-6(2)3-9(13)12-10-7-4-11-5-8(7)10/h6-8,10-11H,3-5H2,1-2H3,(H,12,13). The number of hydrogen-bond acceptors (Lipinski definition) is 2.